The minimum absolute atomic E-state index is 0.110. The van der Waals surface area contributed by atoms with Crippen LogP contribution in [-0.2, 0) is 14.4 Å². The molecule has 1 aliphatic heterocycles. The lowest BCUT2D eigenvalue weighted by atomic mass is 10.1. The van der Waals surface area contributed by atoms with Gasteiger partial charge in [-0.3, -0.25) is 14.5 Å². The van der Waals surface area contributed by atoms with Gasteiger partial charge in [-0.1, -0.05) is 6.92 Å². The fourth-order valence-electron chi connectivity index (χ4n) is 2.32. The van der Waals surface area contributed by atoms with Gasteiger partial charge in [0.2, 0.25) is 11.8 Å². The van der Waals surface area contributed by atoms with Crippen molar-refractivity contribution in [1.82, 2.24) is 4.90 Å². The first kappa shape index (κ1) is 15.0. The molecule has 1 aliphatic rings. The van der Waals surface area contributed by atoms with Gasteiger partial charge in [-0.15, -0.1) is 0 Å². The molecule has 0 radical (unpaired) electrons. The first-order valence-electron chi connectivity index (χ1n) is 6.52. The molecule has 0 saturated carbocycles. The Labute approximate surface area is 120 Å². The monoisotopic (exact) mass is 294 g/mol. The van der Waals surface area contributed by atoms with Gasteiger partial charge in [-0.25, -0.2) is 9.18 Å². The molecular formula is C14H15FN2O4. The number of carboxylic acids is 1. The number of carbonyl (C=O) groups excluding carboxylic acids is 2. The molecule has 1 saturated heterocycles. The first-order valence-corrected chi connectivity index (χ1v) is 6.52. The highest BCUT2D eigenvalue weighted by molar-refractivity contribution is 6.05. The zero-order valence-corrected chi connectivity index (χ0v) is 11.5. The first-order chi connectivity index (χ1) is 9.93. The third-order valence-corrected chi connectivity index (χ3v) is 3.36. The number of halogens is 1. The lowest BCUT2D eigenvalue weighted by Gasteiger charge is -2.36. The lowest BCUT2D eigenvalue weighted by Crippen LogP contribution is -2.59. The standard InChI is InChI=1S/C14H15FN2O4/c1-2-11(14(20)21)17-12(18)7-16(8-13(17)19)10-5-3-9(15)4-6-10/h3-6,11H,2,7-8H2,1H3,(H,20,21). The van der Waals surface area contributed by atoms with Gasteiger partial charge in [-0.2, -0.15) is 0 Å². The Morgan fingerprint density at radius 1 is 1.24 bits per heavy atom. The highest BCUT2D eigenvalue weighted by Gasteiger charge is 2.38. The number of hydrogen-bond acceptors (Lipinski definition) is 4. The van der Waals surface area contributed by atoms with Crippen LogP contribution >= 0.6 is 0 Å². The van der Waals surface area contributed by atoms with E-state index in [-0.39, 0.29) is 19.5 Å². The third-order valence-electron chi connectivity index (χ3n) is 3.36. The van der Waals surface area contributed by atoms with Crippen molar-refractivity contribution < 1.29 is 23.9 Å². The van der Waals surface area contributed by atoms with E-state index >= 15 is 0 Å². The zero-order chi connectivity index (χ0) is 15.6. The number of rotatable bonds is 4. The van der Waals surface area contributed by atoms with E-state index in [2.05, 4.69) is 0 Å². The van der Waals surface area contributed by atoms with E-state index in [0.29, 0.717) is 5.69 Å². The Bertz CT molecular complexity index is 555. The van der Waals surface area contributed by atoms with Crippen LogP contribution in [0.15, 0.2) is 24.3 Å². The summed E-state index contributed by atoms with van der Waals surface area (Å²) in [6.07, 6.45) is 0.156. The number of aliphatic carboxylic acids is 1. The third kappa shape index (κ3) is 3.01. The van der Waals surface area contributed by atoms with Gasteiger partial charge in [-0.05, 0) is 30.7 Å². The molecule has 6 nitrogen and oxygen atoms in total. The van der Waals surface area contributed by atoms with Gasteiger partial charge in [0, 0.05) is 5.69 Å². The van der Waals surface area contributed by atoms with E-state index in [4.69, 9.17) is 5.11 Å². The van der Waals surface area contributed by atoms with Crippen LogP contribution in [0.5, 0.6) is 0 Å². The summed E-state index contributed by atoms with van der Waals surface area (Å²) in [7, 11) is 0. The number of nitrogens with zero attached hydrogens (tertiary/aromatic N) is 2. The number of hydrogen-bond donors (Lipinski definition) is 1. The van der Waals surface area contributed by atoms with Crippen LogP contribution in [0.3, 0.4) is 0 Å². The Hall–Kier alpha value is -2.44. The molecule has 1 unspecified atom stereocenters. The van der Waals surface area contributed by atoms with E-state index in [0.717, 1.165) is 4.90 Å². The van der Waals surface area contributed by atoms with Gasteiger partial charge in [0.15, 0.2) is 0 Å². The highest BCUT2D eigenvalue weighted by atomic mass is 19.1. The summed E-state index contributed by atoms with van der Waals surface area (Å²) in [5.74, 6) is -2.74. The molecule has 0 aromatic heterocycles. The predicted octanol–water partition coefficient (Wildman–Crippen LogP) is 0.864. The molecule has 1 aromatic carbocycles. The minimum atomic E-state index is -1.20. The summed E-state index contributed by atoms with van der Waals surface area (Å²) >= 11 is 0. The molecular weight excluding hydrogens is 279 g/mol. The van der Waals surface area contributed by atoms with E-state index in [9.17, 15) is 18.8 Å². The molecule has 1 fully saturated rings. The fraction of sp³-hybridized carbons (Fsp3) is 0.357. The molecule has 0 bridgehead atoms. The molecule has 0 spiro atoms. The van der Waals surface area contributed by atoms with Gasteiger partial charge in [0.25, 0.3) is 0 Å². The van der Waals surface area contributed by atoms with Crippen LogP contribution in [0.4, 0.5) is 10.1 Å². The van der Waals surface area contributed by atoms with Crippen LogP contribution in [0.1, 0.15) is 13.3 Å². The van der Waals surface area contributed by atoms with Crippen LogP contribution in [0, 0.1) is 5.82 Å². The molecule has 112 valence electrons. The average Bonchev–Trinajstić information content (AvgIpc) is 2.42. The van der Waals surface area contributed by atoms with E-state index < -0.39 is 29.6 Å². The van der Waals surface area contributed by atoms with Crippen molar-refractivity contribution in [2.75, 3.05) is 18.0 Å². The highest BCUT2D eigenvalue weighted by Crippen LogP contribution is 2.20. The van der Waals surface area contributed by atoms with E-state index in [1.807, 2.05) is 0 Å². The van der Waals surface area contributed by atoms with Gasteiger partial charge < -0.3 is 10.0 Å². The van der Waals surface area contributed by atoms with Crippen LogP contribution < -0.4 is 4.90 Å². The van der Waals surface area contributed by atoms with Crippen LogP contribution in [0.2, 0.25) is 0 Å². The number of benzene rings is 1. The maximum absolute atomic E-state index is 12.9. The van der Waals surface area contributed by atoms with Crippen molar-refractivity contribution in [3.8, 4) is 0 Å². The van der Waals surface area contributed by atoms with Gasteiger partial charge in [0.05, 0.1) is 13.1 Å². The zero-order valence-electron chi connectivity index (χ0n) is 11.5. The molecule has 1 atom stereocenters. The Morgan fingerprint density at radius 3 is 2.19 bits per heavy atom. The van der Waals surface area contributed by atoms with Crippen molar-refractivity contribution in [3.05, 3.63) is 30.1 Å². The predicted molar refractivity (Wildman–Crippen MR) is 72.2 cm³/mol. The summed E-state index contributed by atoms with van der Waals surface area (Å²) in [6, 6.07) is 4.28. The maximum Gasteiger partial charge on any atom is 0.326 e. The molecule has 2 rings (SSSR count). The lowest BCUT2D eigenvalue weighted by molar-refractivity contribution is -0.158. The van der Waals surface area contributed by atoms with Crippen molar-refractivity contribution in [2.24, 2.45) is 0 Å². The second-order valence-electron chi connectivity index (χ2n) is 4.75. The molecule has 1 heterocycles. The number of piperazine rings is 1. The summed E-state index contributed by atoms with van der Waals surface area (Å²) in [5.41, 5.74) is 0.543. The van der Waals surface area contributed by atoms with Crippen molar-refractivity contribution >= 4 is 23.5 Å². The van der Waals surface area contributed by atoms with Gasteiger partial charge in [0.1, 0.15) is 11.9 Å². The second kappa shape index (κ2) is 5.90. The van der Waals surface area contributed by atoms with Crippen LogP contribution in [-0.4, -0.2) is 46.9 Å². The summed E-state index contributed by atoms with van der Waals surface area (Å²) in [4.78, 5) is 37.6. The van der Waals surface area contributed by atoms with E-state index in [1.54, 1.807) is 6.92 Å². The number of anilines is 1. The minimum Gasteiger partial charge on any atom is -0.480 e. The summed E-state index contributed by atoms with van der Waals surface area (Å²) < 4.78 is 12.9. The second-order valence-corrected chi connectivity index (χ2v) is 4.75. The maximum atomic E-state index is 12.9. The molecule has 2 amide bonds. The topological polar surface area (TPSA) is 77.9 Å². The average molecular weight is 294 g/mol. The van der Waals surface area contributed by atoms with Gasteiger partial charge >= 0.3 is 5.97 Å². The summed E-state index contributed by atoms with van der Waals surface area (Å²) in [6.45, 7) is 1.38. The normalized spacial score (nSPS) is 17.0. The SMILES string of the molecule is CCC(C(=O)O)N1C(=O)CN(c2ccc(F)cc2)CC1=O. The fourth-order valence-corrected chi connectivity index (χ4v) is 2.32. The van der Waals surface area contributed by atoms with Crippen LogP contribution in [0.25, 0.3) is 0 Å². The Morgan fingerprint density at radius 2 is 1.76 bits per heavy atom. The molecule has 21 heavy (non-hydrogen) atoms. The van der Waals surface area contributed by atoms with E-state index in [1.165, 1.54) is 29.2 Å². The number of amides is 2. The molecule has 7 heteroatoms. The largest absolute Gasteiger partial charge is 0.480 e. The van der Waals surface area contributed by atoms with Crippen molar-refractivity contribution in [1.29, 1.82) is 0 Å². The molecule has 1 aromatic rings. The number of imide groups is 1. The van der Waals surface area contributed by atoms with Crippen molar-refractivity contribution in [2.45, 2.75) is 19.4 Å². The van der Waals surface area contributed by atoms with Crippen molar-refractivity contribution in [3.63, 3.8) is 0 Å². The Balaban J connectivity index is 2.19. The smallest absolute Gasteiger partial charge is 0.326 e. The molecule has 1 N–H and O–H groups in total. The Kier molecular flexibility index (Phi) is 4.21. The quantitative estimate of drug-likeness (QED) is 0.834. The molecule has 0 aliphatic carbocycles. The summed E-state index contributed by atoms with van der Waals surface area (Å²) in [5, 5.41) is 9.07. The number of carbonyl (C=O) groups is 3. The number of carboxylic acid groups (broad SMARTS) is 1.